The lowest BCUT2D eigenvalue weighted by molar-refractivity contribution is -0.115. The number of nitrogens with zero attached hydrogens (tertiary/aromatic N) is 4. The number of carbonyl (C=O) groups excluding carboxylic acids is 1. The van der Waals surface area contributed by atoms with E-state index in [0.29, 0.717) is 11.6 Å². The molecule has 0 unspecified atom stereocenters. The fraction of sp³-hybridized carbons (Fsp3) is 0.294. The average molecular weight is 341 g/mol. The number of fused-ring (bicyclic) bond motifs is 1. The summed E-state index contributed by atoms with van der Waals surface area (Å²) in [5, 5.41) is 7.09. The monoisotopic (exact) mass is 341 g/mol. The van der Waals surface area contributed by atoms with E-state index in [-0.39, 0.29) is 17.1 Å². The molecule has 3 rings (SSSR count). The molecule has 3 aromatic rings. The third-order valence-electron chi connectivity index (χ3n) is 3.04. The minimum Gasteiger partial charge on any atom is -0.326 e. The van der Waals surface area contributed by atoms with Crippen molar-refractivity contribution < 1.29 is 4.79 Å². The van der Waals surface area contributed by atoms with E-state index in [1.807, 2.05) is 24.3 Å². The molecule has 1 amide bonds. The minimum atomic E-state index is -0.151. The molecule has 0 spiro atoms. The smallest absolute Gasteiger partial charge is 0.252 e. The lowest BCUT2D eigenvalue weighted by Crippen LogP contribution is -2.15. The summed E-state index contributed by atoms with van der Waals surface area (Å²) in [6, 6.07) is 9.61. The molecule has 2 aromatic heterocycles. The van der Waals surface area contributed by atoms with Gasteiger partial charge in [0.25, 0.3) is 5.78 Å². The van der Waals surface area contributed by atoms with Crippen LogP contribution in [-0.2, 0) is 11.2 Å². The second kappa shape index (κ2) is 6.60. The van der Waals surface area contributed by atoms with E-state index in [4.69, 9.17) is 0 Å². The highest BCUT2D eigenvalue weighted by atomic mass is 32.2. The summed E-state index contributed by atoms with van der Waals surface area (Å²) < 4.78 is 1.72. The summed E-state index contributed by atoms with van der Waals surface area (Å²) >= 11 is 1.79. The van der Waals surface area contributed by atoms with Crippen molar-refractivity contribution in [2.75, 3.05) is 5.32 Å². The van der Waals surface area contributed by atoms with Gasteiger partial charge in [0.2, 0.25) is 5.91 Å². The Labute approximate surface area is 144 Å². The number of rotatable bonds is 4. The summed E-state index contributed by atoms with van der Waals surface area (Å²) in [6.07, 6.45) is 3.51. The van der Waals surface area contributed by atoms with E-state index in [2.05, 4.69) is 41.2 Å². The van der Waals surface area contributed by atoms with Crippen molar-refractivity contribution in [3.8, 4) is 0 Å². The first-order valence-corrected chi connectivity index (χ1v) is 8.46. The second-order valence-electron chi connectivity index (χ2n) is 6.36. The second-order valence-corrected chi connectivity index (χ2v) is 8.26. The Balaban J connectivity index is 1.62. The molecule has 0 atom stereocenters. The van der Waals surface area contributed by atoms with Crippen molar-refractivity contribution in [1.29, 1.82) is 0 Å². The largest absolute Gasteiger partial charge is 0.326 e. The Morgan fingerprint density at radius 3 is 2.67 bits per heavy atom. The van der Waals surface area contributed by atoms with Crippen LogP contribution in [0.5, 0.6) is 0 Å². The topological polar surface area (TPSA) is 72.2 Å². The van der Waals surface area contributed by atoms with E-state index >= 15 is 0 Å². The molecule has 7 heteroatoms. The fourth-order valence-corrected chi connectivity index (χ4v) is 3.14. The van der Waals surface area contributed by atoms with Gasteiger partial charge in [-0.25, -0.2) is 9.50 Å². The van der Waals surface area contributed by atoms with Gasteiger partial charge < -0.3 is 5.32 Å². The number of amides is 1. The van der Waals surface area contributed by atoms with Crippen LogP contribution >= 0.6 is 11.8 Å². The van der Waals surface area contributed by atoms with Gasteiger partial charge in [0.1, 0.15) is 0 Å². The van der Waals surface area contributed by atoms with Gasteiger partial charge >= 0.3 is 0 Å². The summed E-state index contributed by atoms with van der Waals surface area (Å²) in [7, 11) is 0. The Morgan fingerprint density at radius 2 is 2.00 bits per heavy atom. The summed E-state index contributed by atoms with van der Waals surface area (Å²) in [5.74, 6) is 0.789. The van der Waals surface area contributed by atoms with Crippen molar-refractivity contribution in [2.45, 2.75) is 36.8 Å². The first kappa shape index (κ1) is 16.4. The maximum atomic E-state index is 12.1. The van der Waals surface area contributed by atoms with Gasteiger partial charge in [-0.2, -0.15) is 4.98 Å². The Bertz CT molecular complexity index is 818. The van der Waals surface area contributed by atoms with Gasteiger partial charge in [0, 0.05) is 27.7 Å². The molecular weight excluding hydrogens is 322 g/mol. The summed E-state index contributed by atoms with van der Waals surface area (Å²) in [4.78, 5) is 21.6. The van der Waals surface area contributed by atoms with Crippen LogP contribution in [0.4, 0.5) is 5.69 Å². The van der Waals surface area contributed by atoms with Crippen LogP contribution in [0.2, 0.25) is 0 Å². The molecule has 0 bridgehead atoms. The van der Waals surface area contributed by atoms with Crippen LogP contribution in [0.25, 0.3) is 5.78 Å². The zero-order valence-electron chi connectivity index (χ0n) is 13.9. The van der Waals surface area contributed by atoms with Gasteiger partial charge in [-0.1, -0.05) is 20.8 Å². The molecular formula is C17H19N5OS. The van der Waals surface area contributed by atoms with Crippen LogP contribution in [0, 0.1) is 0 Å². The predicted molar refractivity (Wildman–Crippen MR) is 95.2 cm³/mol. The number of carbonyl (C=O) groups is 1. The average Bonchev–Trinajstić information content (AvgIpc) is 2.89. The normalized spacial score (nSPS) is 11.6. The Hall–Kier alpha value is -2.41. The lowest BCUT2D eigenvalue weighted by Gasteiger charge is -2.17. The van der Waals surface area contributed by atoms with Crippen molar-refractivity contribution in [3.05, 3.63) is 48.5 Å². The van der Waals surface area contributed by atoms with Crippen LogP contribution in [0.1, 0.15) is 26.6 Å². The first-order chi connectivity index (χ1) is 11.4. The predicted octanol–water partition coefficient (Wildman–Crippen LogP) is 3.20. The number of benzene rings is 1. The maximum absolute atomic E-state index is 12.1. The summed E-state index contributed by atoms with van der Waals surface area (Å²) in [6.45, 7) is 6.51. The van der Waals surface area contributed by atoms with E-state index in [9.17, 15) is 4.79 Å². The van der Waals surface area contributed by atoms with Crippen LogP contribution in [-0.4, -0.2) is 30.2 Å². The van der Waals surface area contributed by atoms with Crippen molar-refractivity contribution >= 4 is 29.1 Å². The minimum absolute atomic E-state index is 0.113. The number of anilines is 1. The first-order valence-electron chi connectivity index (χ1n) is 7.64. The lowest BCUT2D eigenvalue weighted by atomic mass is 10.3. The number of hydrogen-bond acceptors (Lipinski definition) is 5. The molecule has 2 heterocycles. The van der Waals surface area contributed by atoms with Gasteiger partial charge in [-0.3, -0.25) is 4.79 Å². The molecule has 0 fully saturated rings. The Morgan fingerprint density at radius 1 is 1.25 bits per heavy atom. The van der Waals surface area contributed by atoms with Crippen LogP contribution in [0.15, 0.2) is 47.6 Å². The van der Waals surface area contributed by atoms with Gasteiger partial charge in [-0.05, 0) is 30.3 Å². The zero-order chi connectivity index (χ0) is 17.2. The molecule has 6 nitrogen and oxygen atoms in total. The molecule has 24 heavy (non-hydrogen) atoms. The highest BCUT2D eigenvalue weighted by Gasteiger charge is 2.13. The maximum Gasteiger partial charge on any atom is 0.252 e. The molecule has 1 aromatic carbocycles. The molecule has 124 valence electrons. The quantitative estimate of drug-likeness (QED) is 0.738. The van der Waals surface area contributed by atoms with E-state index in [1.54, 1.807) is 34.7 Å². The fourth-order valence-electron chi connectivity index (χ4n) is 2.16. The van der Waals surface area contributed by atoms with Crippen molar-refractivity contribution in [1.82, 2.24) is 19.6 Å². The van der Waals surface area contributed by atoms with Crippen molar-refractivity contribution in [3.63, 3.8) is 0 Å². The van der Waals surface area contributed by atoms with Gasteiger partial charge in [0.05, 0.1) is 6.42 Å². The zero-order valence-corrected chi connectivity index (χ0v) is 14.7. The third kappa shape index (κ3) is 4.32. The highest BCUT2D eigenvalue weighted by Crippen LogP contribution is 2.32. The number of nitrogens with one attached hydrogen (secondary N) is 1. The number of hydrogen-bond donors (Lipinski definition) is 1. The van der Waals surface area contributed by atoms with E-state index < -0.39 is 0 Å². The van der Waals surface area contributed by atoms with Crippen LogP contribution < -0.4 is 5.32 Å². The number of thioether (sulfide) groups is 1. The van der Waals surface area contributed by atoms with Crippen LogP contribution in [0.3, 0.4) is 0 Å². The molecule has 0 radical (unpaired) electrons. The molecule has 0 aliphatic heterocycles. The van der Waals surface area contributed by atoms with E-state index in [0.717, 1.165) is 5.69 Å². The molecule has 0 saturated carbocycles. The Kier molecular flexibility index (Phi) is 4.53. The van der Waals surface area contributed by atoms with Gasteiger partial charge in [-0.15, -0.1) is 16.9 Å². The SMILES string of the molecule is CC(C)(C)Sc1ccc(NC(=O)Cc2nc3ncccn3n2)cc1. The molecule has 1 N–H and O–H groups in total. The van der Waals surface area contributed by atoms with Gasteiger partial charge in [0.15, 0.2) is 5.82 Å². The van der Waals surface area contributed by atoms with E-state index in [1.165, 1.54) is 4.90 Å². The number of aromatic nitrogens is 4. The molecule has 0 aliphatic rings. The summed E-state index contributed by atoms with van der Waals surface area (Å²) in [5.41, 5.74) is 0.764. The molecule has 0 aliphatic carbocycles. The third-order valence-corrected chi connectivity index (χ3v) is 4.16. The standard InChI is InChI=1S/C17H19N5OS/c1-17(2,3)24-13-7-5-12(6-8-13)19-15(23)11-14-20-16-18-9-4-10-22(16)21-14/h4-10H,11H2,1-3H3,(H,19,23). The van der Waals surface area contributed by atoms with Crippen molar-refractivity contribution in [2.24, 2.45) is 0 Å². The molecule has 0 saturated heterocycles. The highest BCUT2D eigenvalue weighted by molar-refractivity contribution is 8.00.